The van der Waals surface area contributed by atoms with Gasteiger partial charge < -0.3 is 17.3 Å². The predicted octanol–water partition coefficient (Wildman–Crippen LogP) is 12.3. The summed E-state index contributed by atoms with van der Waals surface area (Å²) in [5.74, 6) is 0. The summed E-state index contributed by atoms with van der Waals surface area (Å²) in [7, 11) is -6.00. The maximum absolute atomic E-state index is 9.75. The van der Waals surface area contributed by atoms with E-state index in [2.05, 4.69) is 20.3 Å². The van der Waals surface area contributed by atoms with Crippen LogP contribution in [-0.2, 0) is 0 Å². The maximum atomic E-state index is 9.75. The largest absolute Gasteiger partial charge is 0.673 e. The van der Waals surface area contributed by atoms with Crippen LogP contribution in [0, 0.1) is 6.42 Å². The number of hydrogen-bond acceptors (Lipinski definition) is 0. The lowest BCUT2D eigenvalue weighted by molar-refractivity contribution is 0.368. The molecule has 0 aromatic carbocycles. The van der Waals surface area contributed by atoms with E-state index in [1.54, 1.807) is 0 Å². The molecule has 0 N–H and O–H groups in total. The minimum absolute atomic E-state index is 1.36. The molecule has 33 heavy (non-hydrogen) atoms. The van der Waals surface area contributed by atoms with Gasteiger partial charge in [0.1, 0.15) is 0 Å². The summed E-state index contributed by atoms with van der Waals surface area (Å²) >= 11 is 0. The summed E-state index contributed by atoms with van der Waals surface area (Å²) < 4.78 is 39.0. The van der Waals surface area contributed by atoms with Crippen LogP contribution in [0.15, 0.2) is 0 Å². The smallest absolute Gasteiger partial charge is 0.418 e. The average molecular weight is 481 g/mol. The first-order valence-electron chi connectivity index (χ1n) is 14.6. The van der Waals surface area contributed by atoms with Crippen molar-refractivity contribution in [3.8, 4) is 0 Å². The standard InChI is InChI=1S/C28H57.BF4/c1-3-5-7-9-11-13-15-17-19-21-23-25-27-28-26-24-22-20-18-16-14-12-10-8-6-4-2;2-1(3,4)5/h13H,3-12,14-28H2,1-2H3;/q;-1. The van der Waals surface area contributed by atoms with Crippen molar-refractivity contribution in [2.45, 2.75) is 174 Å². The molecule has 0 atom stereocenters. The highest BCUT2D eigenvalue weighted by Crippen LogP contribution is 2.15. The summed E-state index contributed by atoms with van der Waals surface area (Å²) in [4.78, 5) is 0. The Labute approximate surface area is 205 Å². The molecular formula is C28H57BF4-. The van der Waals surface area contributed by atoms with Gasteiger partial charge in [0, 0.05) is 0 Å². The van der Waals surface area contributed by atoms with Gasteiger partial charge in [-0.2, -0.15) is 0 Å². The zero-order chi connectivity index (χ0) is 24.9. The second kappa shape index (κ2) is 29.8. The Morgan fingerprint density at radius 2 is 0.545 bits per heavy atom. The molecule has 1 radical (unpaired) electrons. The third kappa shape index (κ3) is 45.9. The molecule has 0 heterocycles. The van der Waals surface area contributed by atoms with Gasteiger partial charge in [-0.05, 0) is 6.42 Å². The highest BCUT2D eigenvalue weighted by molar-refractivity contribution is 6.50. The van der Waals surface area contributed by atoms with Crippen molar-refractivity contribution >= 4 is 7.25 Å². The lowest BCUT2D eigenvalue weighted by Gasteiger charge is -2.04. The third-order valence-electron chi connectivity index (χ3n) is 6.27. The molecule has 0 aliphatic carbocycles. The van der Waals surface area contributed by atoms with Gasteiger partial charge >= 0.3 is 7.25 Å². The molecule has 0 aliphatic rings. The molecule has 0 amide bonds. The van der Waals surface area contributed by atoms with Gasteiger partial charge in [-0.15, -0.1) is 0 Å². The Balaban J connectivity index is 0. The van der Waals surface area contributed by atoms with Crippen LogP contribution in [0.1, 0.15) is 174 Å². The molecule has 0 unspecified atom stereocenters. The van der Waals surface area contributed by atoms with E-state index in [4.69, 9.17) is 0 Å². The molecule has 0 aliphatic heterocycles. The fraction of sp³-hybridized carbons (Fsp3) is 0.964. The van der Waals surface area contributed by atoms with Crippen LogP contribution in [0.2, 0.25) is 0 Å². The SMILES string of the molecule is CCCCCC[CH]CCCCCCCCCCCCCCCCCCCCC.F[B-](F)(F)F. The minimum Gasteiger partial charge on any atom is -0.418 e. The Morgan fingerprint density at radius 3 is 0.788 bits per heavy atom. The molecule has 0 bridgehead atoms. The van der Waals surface area contributed by atoms with Gasteiger partial charge in [-0.1, -0.05) is 174 Å². The Bertz CT molecular complexity index is 302. The maximum Gasteiger partial charge on any atom is 0.673 e. The summed E-state index contributed by atoms with van der Waals surface area (Å²) in [5, 5.41) is 0. The average Bonchev–Trinajstić information content (AvgIpc) is 2.75. The second-order valence-corrected chi connectivity index (χ2v) is 9.79. The Kier molecular flexibility index (Phi) is 31.6. The highest BCUT2D eigenvalue weighted by Gasteiger charge is 2.20. The van der Waals surface area contributed by atoms with Crippen LogP contribution >= 0.6 is 0 Å². The lowest BCUT2D eigenvalue weighted by atomic mass is 10.0. The summed E-state index contributed by atoms with van der Waals surface area (Å²) in [6.07, 6.45) is 38.9. The van der Waals surface area contributed by atoms with Crippen molar-refractivity contribution in [1.82, 2.24) is 0 Å². The van der Waals surface area contributed by atoms with Crippen LogP contribution < -0.4 is 0 Å². The van der Waals surface area contributed by atoms with Crippen LogP contribution in [0.3, 0.4) is 0 Å². The first-order valence-corrected chi connectivity index (χ1v) is 14.6. The molecule has 0 aromatic rings. The van der Waals surface area contributed by atoms with Crippen LogP contribution in [0.5, 0.6) is 0 Å². The van der Waals surface area contributed by atoms with E-state index in [1.807, 2.05) is 0 Å². The van der Waals surface area contributed by atoms with E-state index in [0.29, 0.717) is 0 Å². The normalized spacial score (nSPS) is 11.5. The van der Waals surface area contributed by atoms with E-state index in [-0.39, 0.29) is 0 Å². The van der Waals surface area contributed by atoms with E-state index < -0.39 is 7.25 Å². The summed E-state index contributed by atoms with van der Waals surface area (Å²) in [6, 6.07) is 0. The Morgan fingerprint density at radius 1 is 0.364 bits per heavy atom. The molecular weight excluding hydrogens is 423 g/mol. The van der Waals surface area contributed by atoms with Crippen molar-refractivity contribution in [2.75, 3.05) is 0 Å². The van der Waals surface area contributed by atoms with E-state index >= 15 is 0 Å². The number of rotatable bonds is 25. The van der Waals surface area contributed by atoms with Crippen molar-refractivity contribution in [1.29, 1.82) is 0 Å². The fourth-order valence-corrected chi connectivity index (χ4v) is 4.23. The van der Waals surface area contributed by atoms with Gasteiger partial charge in [-0.3, -0.25) is 0 Å². The molecule has 0 saturated carbocycles. The molecule has 201 valence electrons. The van der Waals surface area contributed by atoms with Gasteiger partial charge in [0.15, 0.2) is 0 Å². The van der Waals surface area contributed by atoms with E-state index in [1.165, 1.54) is 161 Å². The zero-order valence-electron chi connectivity index (χ0n) is 22.3. The predicted molar refractivity (Wildman–Crippen MR) is 141 cm³/mol. The Hall–Kier alpha value is -0.215. The van der Waals surface area contributed by atoms with Crippen molar-refractivity contribution < 1.29 is 17.3 Å². The molecule has 5 heteroatoms. The highest BCUT2D eigenvalue weighted by atomic mass is 19.5. The minimum atomic E-state index is -6.00. The molecule has 0 spiro atoms. The molecule has 0 nitrogen and oxygen atoms in total. The van der Waals surface area contributed by atoms with Crippen molar-refractivity contribution in [3.63, 3.8) is 0 Å². The van der Waals surface area contributed by atoms with E-state index in [9.17, 15) is 17.3 Å². The quantitative estimate of drug-likeness (QED) is 0.0692. The van der Waals surface area contributed by atoms with Crippen LogP contribution in [0.25, 0.3) is 0 Å². The van der Waals surface area contributed by atoms with Crippen LogP contribution in [0.4, 0.5) is 17.3 Å². The topological polar surface area (TPSA) is 0 Å². The monoisotopic (exact) mass is 480 g/mol. The molecule has 0 rings (SSSR count). The molecule has 0 aromatic heterocycles. The van der Waals surface area contributed by atoms with Crippen molar-refractivity contribution in [2.24, 2.45) is 0 Å². The summed E-state index contributed by atoms with van der Waals surface area (Å²) in [6.45, 7) is 4.60. The first-order chi connectivity index (χ1) is 15.9. The second-order valence-electron chi connectivity index (χ2n) is 9.79. The zero-order valence-corrected chi connectivity index (χ0v) is 22.3. The van der Waals surface area contributed by atoms with Gasteiger partial charge in [0.25, 0.3) is 0 Å². The van der Waals surface area contributed by atoms with Gasteiger partial charge in [-0.25, -0.2) is 0 Å². The van der Waals surface area contributed by atoms with E-state index in [0.717, 1.165) is 0 Å². The fourth-order valence-electron chi connectivity index (χ4n) is 4.23. The van der Waals surface area contributed by atoms with Gasteiger partial charge in [0.2, 0.25) is 0 Å². The third-order valence-corrected chi connectivity index (χ3v) is 6.27. The lowest BCUT2D eigenvalue weighted by Crippen LogP contribution is -2.02. The van der Waals surface area contributed by atoms with Gasteiger partial charge in [0.05, 0.1) is 0 Å². The molecule has 0 fully saturated rings. The summed E-state index contributed by atoms with van der Waals surface area (Å²) in [5.41, 5.74) is 0. The molecule has 0 saturated heterocycles. The number of hydrogen-bond donors (Lipinski definition) is 0. The van der Waals surface area contributed by atoms with Crippen molar-refractivity contribution in [3.05, 3.63) is 6.42 Å². The van der Waals surface area contributed by atoms with Crippen LogP contribution in [-0.4, -0.2) is 7.25 Å². The number of unbranched alkanes of at least 4 members (excludes halogenated alkanes) is 25. The first kappa shape index (κ1) is 34.9. The number of halogens is 4.